The van der Waals surface area contributed by atoms with Crippen molar-refractivity contribution in [2.75, 3.05) is 6.61 Å². The monoisotopic (exact) mass is 412 g/mol. The van der Waals surface area contributed by atoms with Crippen molar-refractivity contribution in [3.8, 4) is 34.2 Å². The normalized spacial score (nSPS) is 10.6. The number of halogens is 1. The van der Waals surface area contributed by atoms with Gasteiger partial charge in [0.25, 0.3) is 0 Å². The van der Waals surface area contributed by atoms with Gasteiger partial charge >= 0.3 is 5.97 Å². The number of aromatic nitrogens is 1. The number of ether oxygens (including phenoxy) is 1. The molecule has 0 aliphatic carbocycles. The maximum absolute atomic E-state index is 13.7. The van der Waals surface area contributed by atoms with E-state index in [1.807, 2.05) is 49.4 Å². The third kappa shape index (κ3) is 3.81. The van der Waals surface area contributed by atoms with Gasteiger partial charge in [0.1, 0.15) is 17.6 Å². The average molecular weight is 412 g/mol. The Balaban J connectivity index is 1.84. The fraction of sp³-hybridized carbons (Fsp3) is 0.0800. The fourth-order valence-electron chi connectivity index (χ4n) is 3.53. The molecule has 0 unspecified atom stereocenters. The molecule has 0 saturated carbocycles. The zero-order valence-corrected chi connectivity index (χ0v) is 16.6. The highest BCUT2D eigenvalue weighted by Crippen LogP contribution is 2.32. The van der Waals surface area contributed by atoms with Gasteiger partial charge in [-0.2, -0.15) is 5.26 Å². The molecule has 152 valence electrons. The molecule has 31 heavy (non-hydrogen) atoms. The standard InChI is InChI=1S/C25H17FN2O3/c1-2-31-19-5-3-4-17(12-19)15-6-8-16(9-7-15)24-21(14-27)23(25(29)30)20-13-18(26)10-11-22(20)28-24/h3-13H,2H2,1H3,(H,29,30). The van der Waals surface area contributed by atoms with Gasteiger partial charge in [0.05, 0.1) is 28.9 Å². The van der Waals surface area contributed by atoms with Gasteiger partial charge in [-0.25, -0.2) is 14.2 Å². The van der Waals surface area contributed by atoms with Crippen LogP contribution in [0.3, 0.4) is 0 Å². The first-order valence-electron chi connectivity index (χ1n) is 9.62. The predicted molar refractivity (Wildman–Crippen MR) is 115 cm³/mol. The number of nitriles is 1. The first-order valence-corrected chi connectivity index (χ1v) is 9.62. The molecular weight excluding hydrogens is 395 g/mol. The number of nitrogens with zero attached hydrogens (tertiary/aromatic N) is 2. The van der Waals surface area contributed by atoms with E-state index in [4.69, 9.17) is 4.74 Å². The van der Waals surface area contributed by atoms with Gasteiger partial charge in [-0.15, -0.1) is 0 Å². The number of carboxylic acids is 1. The lowest BCUT2D eigenvalue weighted by molar-refractivity contribution is 0.0698. The van der Waals surface area contributed by atoms with Crippen molar-refractivity contribution in [2.24, 2.45) is 0 Å². The predicted octanol–water partition coefficient (Wildman–Crippen LogP) is 5.68. The van der Waals surface area contributed by atoms with Crippen LogP contribution in [0.1, 0.15) is 22.8 Å². The summed E-state index contributed by atoms with van der Waals surface area (Å²) in [7, 11) is 0. The molecule has 0 fully saturated rings. The number of carboxylic acid groups (broad SMARTS) is 1. The zero-order chi connectivity index (χ0) is 22.0. The molecule has 0 aliphatic rings. The second-order valence-electron chi connectivity index (χ2n) is 6.83. The van der Waals surface area contributed by atoms with Crippen LogP contribution < -0.4 is 4.74 Å². The summed E-state index contributed by atoms with van der Waals surface area (Å²) in [6.07, 6.45) is 0. The Labute approximate surface area is 178 Å². The quantitative estimate of drug-likeness (QED) is 0.456. The molecule has 6 heteroatoms. The van der Waals surface area contributed by atoms with Crippen LogP contribution in [0.15, 0.2) is 66.7 Å². The summed E-state index contributed by atoms with van der Waals surface area (Å²) in [5, 5.41) is 19.5. The number of benzene rings is 3. The second kappa shape index (κ2) is 8.25. The highest BCUT2D eigenvalue weighted by molar-refractivity contribution is 6.06. The van der Waals surface area contributed by atoms with E-state index in [9.17, 15) is 19.6 Å². The Morgan fingerprint density at radius 3 is 2.48 bits per heavy atom. The Kier molecular flexibility index (Phi) is 5.33. The number of fused-ring (bicyclic) bond motifs is 1. The van der Waals surface area contributed by atoms with Gasteiger partial charge in [0.15, 0.2) is 0 Å². The highest BCUT2D eigenvalue weighted by atomic mass is 19.1. The molecule has 0 spiro atoms. The SMILES string of the molecule is CCOc1cccc(-c2ccc(-c3nc4ccc(F)cc4c(C(=O)O)c3C#N)cc2)c1. The van der Waals surface area contributed by atoms with Crippen molar-refractivity contribution in [3.63, 3.8) is 0 Å². The number of carbonyl (C=O) groups is 1. The van der Waals surface area contributed by atoms with Crippen LogP contribution in [0.4, 0.5) is 4.39 Å². The summed E-state index contributed by atoms with van der Waals surface area (Å²) >= 11 is 0. The number of hydrogen-bond acceptors (Lipinski definition) is 4. The van der Waals surface area contributed by atoms with E-state index in [-0.39, 0.29) is 22.2 Å². The van der Waals surface area contributed by atoms with Crippen LogP contribution in [0.5, 0.6) is 5.75 Å². The van der Waals surface area contributed by atoms with Crippen molar-refractivity contribution in [1.82, 2.24) is 4.98 Å². The smallest absolute Gasteiger partial charge is 0.337 e. The molecule has 5 nitrogen and oxygen atoms in total. The van der Waals surface area contributed by atoms with Crippen molar-refractivity contribution < 1.29 is 19.0 Å². The summed E-state index contributed by atoms with van der Waals surface area (Å²) in [6, 6.07) is 20.7. The Morgan fingerprint density at radius 2 is 1.81 bits per heavy atom. The topological polar surface area (TPSA) is 83.2 Å². The van der Waals surface area contributed by atoms with E-state index < -0.39 is 11.8 Å². The molecule has 1 heterocycles. The Morgan fingerprint density at radius 1 is 1.06 bits per heavy atom. The van der Waals surface area contributed by atoms with Gasteiger partial charge in [0.2, 0.25) is 0 Å². The molecule has 4 aromatic rings. The summed E-state index contributed by atoms with van der Waals surface area (Å²) < 4.78 is 19.3. The second-order valence-corrected chi connectivity index (χ2v) is 6.83. The fourth-order valence-corrected chi connectivity index (χ4v) is 3.53. The van der Waals surface area contributed by atoms with E-state index >= 15 is 0 Å². The van der Waals surface area contributed by atoms with Crippen LogP contribution >= 0.6 is 0 Å². The molecule has 4 rings (SSSR count). The third-order valence-electron chi connectivity index (χ3n) is 4.91. The lowest BCUT2D eigenvalue weighted by atomic mass is 9.96. The van der Waals surface area contributed by atoms with Crippen LogP contribution in [0, 0.1) is 17.1 Å². The maximum Gasteiger partial charge on any atom is 0.337 e. The van der Waals surface area contributed by atoms with E-state index in [0.29, 0.717) is 17.7 Å². The van der Waals surface area contributed by atoms with Crippen LogP contribution in [0.2, 0.25) is 0 Å². The lowest BCUT2D eigenvalue weighted by Crippen LogP contribution is -2.06. The van der Waals surface area contributed by atoms with E-state index in [1.54, 1.807) is 12.1 Å². The first-order chi connectivity index (χ1) is 15.0. The molecule has 0 bridgehead atoms. The van der Waals surface area contributed by atoms with Crippen LogP contribution in [0.25, 0.3) is 33.3 Å². The Hall–Kier alpha value is -4.24. The minimum Gasteiger partial charge on any atom is -0.494 e. The van der Waals surface area contributed by atoms with E-state index in [0.717, 1.165) is 22.9 Å². The molecular formula is C25H17FN2O3. The molecule has 1 N–H and O–H groups in total. The zero-order valence-electron chi connectivity index (χ0n) is 16.6. The molecule has 3 aromatic carbocycles. The number of pyridine rings is 1. The molecule has 0 aliphatic heterocycles. The Bertz CT molecular complexity index is 1340. The van der Waals surface area contributed by atoms with Gasteiger partial charge in [-0.3, -0.25) is 0 Å². The van der Waals surface area contributed by atoms with Crippen molar-refractivity contribution in [2.45, 2.75) is 6.92 Å². The lowest BCUT2D eigenvalue weighted by Gasteiger charge is -2.11. The minimum atomic E-state index is -1.31. The van der Waals surface area contributed by atoms with Crippen molar-refractivity contribution in [1.29, 1.82) is 5.26 Å². The van der Waals surface area contributed by atoms with Crippen LogP contribution in [-0.4, -0.2) is 22.7 Å². The van der Waals surface area contributed by atoms with Gasteiger partial charge in [0, 0.05) is 10.9 Å². The molecule has 0 saturated heterocycles. The average Bonchev–Trinajstić information content (AvgIpc) is 2.78. The van der Waals surface area contributed by atoms with Gasteiger partial charge in [-0.1, -0.05) is 36.4 Å². The largest absolute Gasteiger partial charge is 0.494 e. The highest BCUT2D eigenvalue weighted by Gasteiger charge is 2.21. The van der Waals surface area contributed by atoms with Crippen LogP contribution in [-0.2, 0) is 0 Å². The van der Waals surface area contributed by atoms with Gasteiger partial charge < -0.3 is 9.84 Å². The molecule has 0 atom stereocenters. The number of rotatable bonds is 5. The summed E-state index contributed by atoms with van der Waals surface area (Å²) in [4.78, 5) is 16.4. The summed E-state index contributed by atoms with van der Waals surface area (Å²) in [5.74, 6) is -1.13. The van der Waals surface area contributed by atoms with E-state index in [2.05, 4.69) is 4.98 Å². The maximum atomic E-state index is 13.7. The van der Waals surface area contributed by atoms with Crippen molar-refractivity contribution >= 4 is 16.9 Å². The summed E-state index contributed by atoms with van der Waals surface area (Å²) in [6.45, 7) is 2.49. The number of hydrogen-bond donors (Lipinski definition) is 1. The first kappa shape index (κ1) is 20.0. The van der Waals surface area contributed by atoms with Gasteiger partial charge in [-0.05, 0) is 48.4 Å². The van der Waals surface area contributed by atoms with E-state index in [1.165, 1.54) is 12.1 Å². The number of aromatic carboxylic acids is 1. The minimum absolute atomic E-state index is 0.0946. The molecule has 1 aromatic heterocycles. The molecule has 0 amide bonds. The van der Waals surface area contributed by atoms with Crippen molar-refractivity contribution in [3.05, 3.63) is 83.7 Å². The molecule has 0 radical (unpaired) electrons. The third-order valence-corrected chi connectivity index (χ3v) is 4.91. The summed E-state index contributed by atoms with van der Waals surface area (Å²) in [5.41, 5.74) is 2.69.